The SMILES string of the molecule is COC(=O)c1ccccc1NC(=O)[C@@H]1CC2=C(CCCC2(C)C)C[C@@H]1C(=O)O. The van der Waals surface area contributed by atoms with Gasteiger partial charge in [0.25, 0.3) is 0 Å². The number of rotatable bonds is 4. The van der Waals surface area contributed by atoms with Gasteiger partial charge in [0.1, 0.15) is 0 Å². The maximum Gasteiger partial charge on any atom is 0.339 e. The van der Waals surface area contributed by atoms with Crippen molar-refractivity contribution in [2.45, 2.75) is 46.0 Å². The van der Waals surface area contributed by atoms with Gasteiger partial charge in [0.2, 0.25) is 5.91 Å². The molecule has 0 aliphatic heterocycles. The second-order valence-corrected chi connectivity index (χ2v) is 8.31. The van der Waals surface area contributed by atoms with E-state index in [0.717, 1.165) is 19.3 Å². The summed E-state index contributed by atoms with van der Waals surface area (Å²) in [7, 11) is 1.28. The number of para-hydroxylation sites is 1. The lowest BCUT2D eigenvalue weighted by atomic mass is 9.63. The van der Waals surface area contributed by atoms with Crippen molar-refractivity contribution in [2.24, 2.45) is 17.3 Å². The van der Waals surface area contributed by atoms with E-state index in [1.807, 2.05) is 0 Å². The molecule has 150 valence electrons. The van der Waals surface area contributed by atoms with E-state index in [-0.39, 0.29) is 16.9 Å². The van der Waals surface area contributed by atoms with E-state index in [9.17, 15) is 19.5 Å². The van der Waals surface area contributed by atoms with E-state index in [0.29, 0.717) is 18.5 Å². The molecule has 0 unspecified atom stereocenters. The molecule has 2 N–H and O–H groups in total. The van der Waals surface area contributed by atoms with Crippen molar-refractivity contribution in [3.05, 3.63) is 41.0 Å². The number of esters is 1. The molecule has 2 aliphatic rings. The van der Waals surface area contributed by atoms with Crippen LogP contribution in [0.3, 0.4) is 0 Å². The lowest BCUT2D eigenvalue weighted by molar-refractivity contribution is -0.146. The van der Waals surface area contributed by atoms with Crippen LogP contribution in [0.5, 0.6) is 0 Å². The van der Waals surface area contributed by atoms with Crippen LogP contribution in [0.15, 0.2) is 35.4 Å². The highest BCUT2D eigenvalue weighted by molar-refractivity contribution is 6.02. The van der Waals surface area contributed by atoms with Crippen LogP contribution in [0, 0.1) is 17.3 Å². The monoisotopic (exact) mass is 385 g/mol. The number of benzene rings is 1. The predicted octanol–water partition coefficient (Wildman–Crippen LogP) is 4.03. The molecule has 3 rings (SSSR count). The zero-order valence-electron chi connectivity index (χ0n) is 16.6. The Balaban J connectivity index is 1.89. The highest BCUT2D eigenvalue weighted by Gasteiger charge is 2.43. The normalized spacial score (nSPS) is 23.5. The standard InChI is InChI=1S/C22H27NO5/c1-22(2)10-6-7-13-11-16(20(25)26)15(12-17(13)22)19(24)23-18-9-5-4-8-14(18)21(27)28-3/h4-5,8-9,15-16H,6-7,10-12H2,1-3H3,(H,23,24)(H,25,26)/t15-,16+/m1/s1. The minimum atomic E-state index is -0.948. The number of anilines is 1. The van der Waals surface area contributed by atoms with E-state index in [4.69, 9.17) is 4.74 Å². The second-order valence-electron chi connectivity index (χ2n) is 8.31. The number of carboxylic acid groups (broad SMARTS) is 1. The number of amides is 1. The van der Waals surface area contributed by atoms with Crippen LogP contribution in [0.4, 0.5) is 5.69 Å². The average molecular weight is 385 g/mol. The first-order valence-electron chi connectivity index (χ1n) is 9.67. The second kappa shape index (κ2) is 7.78. The van der Waals surface area contributed by atoms with Gasteiger partial charge in [-0.2, -0.15) is 0 Å². The van der Waals surface area contributed by atoms with Gasteiger partial charge in [-0.1, -0.05) is 37.1 Å². The Morgan fingerprint density at radius 1 is 1.14 bits per heavy atom. The molecule has 1 amide bonds. The fourth-order valence-corrected chi connectivity index (χ4v) is 4.58. The highest BCUT2D eigenvalue weighted by atomic mass is 16.5. The Morgan fingerprint density at radius 2 is 1.86 bits per heavy atom. The Bertz CT molecular complexity index is 839. The number of methoxy groups -OCH3 is 1. The molecule has 0 heterocycles. The molecule has 2 aliphatic carbocycles. The topological polar surface area (TPSA) is 92.7 Å². The number of carbonyl (C=O) groups excluding carboxylic acids is 2. The average Bonchev–Trinajstić information content (AvgIpc) is 2.66. The van der Waals surface area contributed by atoms with E-state index < -0.39 is 23.8 Å². The summed E-state index contributed by atoms with van der Waals surface area (Å²) in [6, 6.07) is 6.59. The lowest BCUT2D eigenvalue weighted by Crippen LogP contribution is -2.40. The molecule has 28 heavy (non-hydrogen) atoms. The third-order valence-electron chi connectivity index (χ3n) is 6.14. The van der Waals surface area contributed by atoms with Crippen LogP contribution in [0.25, 0.3) is 0 Å². The molecule has 0 bridgehead atoms. The van der Waals surface area contributed by atoms with Crippen molar-refractivity contribution >= 4 is 23.5 Å². The van der Waals surface area contributed by atoms with Gasteiger partial charge in [0.15, 0.2) is 0 Å². The van der Waals surface area contributed by atoms with Gasteiger partial charge in [-0.15, -0.1) is 0 Å². The first kappa shape index (κ1) is 20.1. The summed E-state index contributed by atoms with van der Waals surface area (Å²) in [6.45, 7) is 4.34. The summed E-state index contributed by atoms with van der Waals surface area (Å²) < 4.78 is 4.77. The quantitative estimate of drug-likeness (QED) is 0.603. The zero-order chi connectivity index (χ0) is 20.5. The van der Waals surface area contributed by atoms with Crippen LogP contribution in [-0.4, -0.2) is 30.1 Å². The molecule has 0 saturated carbocycles. The van der Waals surface area contributed by atoms with Crippen LogP contribution in [-0.2, 0) is 14.3 Å². The number of hydrogen-bond acceptors (Lipinski definition) is 4. The molecule has 0 aromatic heterocycles. The maximum atomic E-state index is 13.1. The van der Waals surface area contributed by atoms with Gasteiger partial charge in [0, 0.05) is 0 Å². The first-order valence-corrected chi connectivity index (χ1v) is 9.67. The molecule has 2 atom stereocenters. The van der Waals surface area contributed by atoms with Crippen LogP contribution in [0.2, 0.25) is 0 Å². The Kier molecular flexibility index (Phi) is 5.59. The number of ether oxygens (including phenoxy) is 1. The molecule has 0 fully saturated rings. The molecule has 0 saturated heterocycles. The maximum absolute atomic E-state index is 13.1. The third kappa shape index (κ3) is 3.81. The molecular weight excluding hydrogens is 358 g/mol. The Morgan fingerprint density at radius 3 is 2.54 bits per heavy atom. The highest BCUT2D eigenvalue weighted by Crippen LogP contribution is 2.49. The predicted molar refractivity (Wildman–Crippen MR) is 105 cm³/mol. The fourth-order valence-electron chi connectivity index (χ4n) is 4.58. The van der Waals surface area contributed by atoms with Crippen LogP contribution < -0.4 is 5.32 Å². The summed E-state index contributed by atoms with van der Waals surface area (Å²) >= 11 is 0. The molecule has 0 spiro atoms. The Hall–Kier alpha value is -2.63. The number of hydrogen-bond donors (Lipinski definition) is 2. The van der Waals surface area contributed by atoms with E-state index >= 15 is 0 Å². The summed E-state index contributed by atoms with van der Waals surface area (Å²) in [5.41, 5.74) is 3.02. The van der Waals surface area contributed by atoms with Crippen molar-refractivity contribution in [2.75, 3.05) is 12.4 Å². The van der Waals surface area contributed by atoms with E-state index in [1.165, 1.54) is 18.3 Å². The summed E-state index contributed by atoms with van der Waals surface area (Å²) in [5, 5.41) is 12.5. The van der Waals surface area contributed by atoms with Crippen molar-refractivity contribution in [3.63, 3.8) is 0 Å². The summed E-state index contributed by atoms with van der Waals surface area (Å²) in [4.78, 5) is 36.9. The molecule has 6 nitrogen and oxygen atoms in total. The number of nitrogens with one attached hydrogen (secondary N) is 1. The van der Waals surface area contributed by atoms with Crippen molar-refractivity contribution in [1.29, 1.82) is 0 Å². The summed E-state index contributed by atoms with van der Waals surface area (Å²) in [5.74, 6) is -3.28. The smallest absolute Gasteiger partial charge is 0.339 e. The van der Waals surface area contributed by atoms with Gasteiger partial charge in [-0.25, -0.2) is 4.79 Å². The van der Waals surface area contributed by atoms with Crippen molar-refractivity contribution in [3.8, 4) is 0 Å². The fraction of sp³-hybridized carbons (Fsp3) is 0.500. The molecule has 6 heteroatoms. The molecular formula is C22H27NO5. The van der Waals surface area contributed by atoms with Gasteiger partial charge in [0.05, 0.1) is 30.2 Å². The van der Waals surface area contributed by atoms with Crippen molar-refractivity contribution < 1.29 is 24.2 Å². The van der Waals surface area contributed by atoms with Crippen LogP contribution in [0.1, 0.15) is 56.3 Å². The molecule has 1 aromatic carbocycles. The number of allylic oxidation sites excluding steroid dienone is 2. The zero-order valence-corrected chi connectivity index (χ0v) is 16.6. The van der Waals surface area contributed by atoms with Gasteiger partial charge in [-0.05, 0) is 49.7 Å². The minimum absolute atomic E-state index is 0.0144. The van der Waals surface area contributed by atoms with E-state index in [2.05, 4.69) is 19.2 Å². The first-order chi connectivity index (χ1) is 13.2. The third-order valence-corrected chi connectivity index (χ3v) is 6.14. The van der Waals surface area contributed by atoms with Gasteiger partial charge < -0.3 is 15.2 Å². The van der Waals surface area contributed by atoms with Gasteiger partial charge in [-0.3, -0.25) is 9.59 Å². The number of carbonyl (C=O) groups is 3. The molecule has 0 radical (unpaired) electrons. The number of aliphatic carboxylic acids is 1. The van der Waals surface area contributed by atoms with E-state index in [1.54, 1.807) is 24.3 Å². The molecule has 1 aromatic rings. The minimum Gasteiger partial charge on any atom is -0.481 e. The van der Waals surface area contributed by atoms with Gasteiger partial charge >= 0.3 is 11.9 Å². The van der Waals surface area contributed by atoms with Crippen molar-refractivity contribution in [1.82, 2.24) is 0 Å². The lowest BCUT2D eigenvalue weighted by Gasteiger charge is -2.42. The Labute approximate surface area is 165 Å². The number of carboxylic acids is 1. The summed E-state index contributed by atoms with van der Waals surface area (Å²) in [6.07, 6.45) is 3.89. The van der Waals surface area contributed by atoms with Crippen LogP contribution >= 0.6 is 0 Å². The largest absolute Gasteiger partial charge is 0.481 e.